The van der Waals surface area contributed by atoms with Crippen LogP contribution in [0.5, 0.6) is 0 Å². The van der Waals surface area contributed by atoms with Crippen molar-refractivity contribution in [1.29, 1.82) is 0 Å². The molecule has 2 amide bonds. The smallest absolute Gasteiger partial charge is 0.410 e. The maximum Gasteiger partial charge on any atom is 0.410 e. The lowest BCUT2D eigenvalue weighted by molar-refractivity contribution is -0.152. The Morgan fingerprint density at radius 2 is 1.02 bits per heavy atom. The molecule has 0 aliphatic carbocycles. The van der Waals surface area contributed by atoms with Crippen molar-refractivity contribution in [3.63, 3.8) is 0 Å². The summed E-state index contributed by atoms with van der Waals surface area (Å²) in [6, 6.07) is 0. The summed E-state index contributed by atoms with van der Waals surface area (Å²) in [5.41, 5.74) is -1.03. The highest BCUT2D eigenvalue weighted by molar-refractivity contribution is 6.74. The van der Waals surface area contributed by atoms with Gasteiger partial charge in [0.15, 0.2) is 16.6 Å². The van der Waals surface area contributed by atoms with Crippen LogP contribution in [-0.2, 0) is 27.9 Å². The van der Waals surface area contributed by atoms with E-state index < -0.39 is 33.9 Å². The highest BCUT2D eigenvalue weighted by Crippen LogP contribution is 2.38. The molecule has 4 atom stereocenters. The molecule has 0 aromatic carbocycles. The lowest BCUT2D eigenvalue weighted by Crippen LogP contribution is -2.51. The fourth-order valence-corrected chi connectivity index (χ4v) is 6.90. The number of aliphatic hydroxyl groups excluding tert-OH is 1. The Labute approximate surface area is 300 Å². The van der Waals surface area contributed by atoms with Crippen LogP contribution in [0.2, 0.25) is 36.3 Å². The molecular formula is C36H72N2O9Si2. The largest absolute Gasteiger partial charge is 0.462 e. The minimum atomic E-state index is -1.92. The number of ether oxygens (including phenoxy) is 3. The Kier molecular flexibility index (Phi) is 15.9. The third-order valence-corrected chi connectivity index (χ3v) is 18.9. The van der Waals surface area contributed by atoms with E-state index in [1.54, 1.807) is 9.80 Å². The predicted octanol–water partition coefficient (Wildman–Crippen LogP) is 7.82. The third kappa shape index (κ3) is 15.6. The van der Waals surface area contributed by atoms with Gasteiger partial charge < -0.3 is 38.0 Å². The zero-order valence-electron chi connectivity index (χ0n) is 34.1. The van der Waals surface area contributed by atoms with Gasteiger partial charge >= 0.3 is 18.2 Å². The molecule has 2 saturated heterocycles. The maximum absolute atomic E-state index is 12.4. The van der Waals surface area contributed by atoms with E-state index in [9.17, 15) is 19.5 Å². The van der Waals surface area contributed by atoms with E-state index in [-0.39, 0.29) is 46.2 Å². The first-order chi connectivity index (χ1) is 21.8. The van der Waals surface area contributed by atoms with Crippen molar-refractivity contribution >= 4 is 34.8 Å². The minimum Gasteiger partial charge on any atom is -0.462 e. The van der Waals surface area contributed by atoms with E-state index in [0.29, 0.717) is 52.2 Å². The van der Waals surface area contributed by atoms with Crippen molar-refractivity contribution in [2.75, 3.05) is 39.4 Å². The van der Waals surface area contributed by atoms with Gasteiger partial charge in [0.1, 0.15) is 17.3 Å². The molecule has 1 N–H and O–H groups in total. The molecule has 0 aromatic rings. The molecule has 2 aliphatic rings. The standard InChI is InChI=1S/C19H37NO5Si.C17H35NO4Si/c1-14(21)24-16-10-11-20(17(22)25-18(2,3)4)12-15(16)13-23-26(8,9)19(5,6)7;1-16(2,3)22-15(20)18-10-9-14(19)13(11-18)12-21-23(7,8)17(4,5)6/h15-16H,10-13H2,1-9H3;13-14,19H,9-12H2,1-8H3. The summed E-state index contributed by atoms with van der Waals surface area (Å²) in [5.74, 6) is -0.391. The molecule has 0 saturated carbocycles. The number of hydrogen-bond acceptors (Lipinski definition) is 9. The number of piperidine rings is 2. The SMILES string of the molecule is CC(=O)OC1CCN(C(=O)OC(C)(C)C)CC1CO[Si](C)(C)C(C)(C)C.CC(C)(C)OC(=O)N1CCC(O)C(CO[Si](C)(C)C(C)(C)C)C1. The maximum atomic E-state index is 12.4. The van der Waals surface area contributed by atoms with Gasteiger partial charge in [-0.15, -0.1) is 0 Å². The first-order valence-electron chi connectivity index (χ1n) is 17.9. The molecule has 2 heterocycles. The summed E-state index contributed by atoms with van der Waals surface area (Å²) in [7, 11) is -3.77. The second-order valence-corrected chi connectivity index (χ2v) is 28.4. The van der Waals surface area contributed by atoms with Crippen molar-refractivity contribution in [3.8, 4) is 0 Å². The fraction of sp³-hybridized carbons (Fsp3) is 0.917. The summed E-state index contributed by atoms with van der Waals surface area (Å²) in [5, 5.41) is 10.5. The van der Waals surface area contributed by atoms with E-state index in [0.717, 1.165) is 0 Å². The molecule has 49 heavy (non-hydrogen) atoms. The molecule has 288 valence electrons. The van der Waals surface area contributed by atoms with Crippen LogP contribution in [0.15, 0.2) is 0 Å². The zero-order valence-corrected chi connectivity index (χ0v) is 36.1. The average molecular weight is 733 g/mol. The van der Waals surface area contributed by atoms with Crippen molar-refractivity contribution in [2.24, 2.45) is 11.8 Å². The molecule has 0 aromatic heterocycles. The van der Waals surface area contributed by atoms with E-state index in [2.05, 4.69) is 67.7 Å². The molecule has 0 spiro atoms. The number of likely N-dealkylation sites (tertiary alicyclic amines) is 2. The Morgan fingerprint density at radius 1 is 0.653 bits per heavy atom. The average Bonchev–Trinajstić information content (AvgIpc) is 2.89. The van der Waals surface area contributed by atoms with Gasteiger partial charge in [-0.25, -0.2) is 9.59 Å². The van der Waals surface area contributed by atoms with Crippen LogP contribution >= 0.6 is 0 Å². The van der Waals surface area contributed by atoms with E-state index in [1.165, 1.54) is 6.92 Å². The zero-order chi connectivity index (χ0) is 38.4. The van der Waals surface area contributed by atoms with Crippen molar-refractivity contribution in [2.45, 2.75) is 163 Å². The minimum absolute atomic E-state index is 0.0470. The van der Waals surface area contributed by atoms with Gasteiger partial charge in [0, 0.05) is 64.6 Å². The number of esters is 1. The van der Waals surface area contributed by atoms with Crippen molar-refractivity contribution < 1.29 is 42.6 Å². The van der Waals surface area contributed by atoms with Gasteiger partial charge in [0.05, 0.1) is 6.10 Å². The third-order valence-electron chi connectivity index (χ3n) is 9.91. The van der Waals surface area contributed by atoms with E-state index >= 15 is 0 Å². The van der Waals surface area contributed by atoms with Gasteiger partial charge in [0.2, 0.25) is 0 Å². The molecule has 0 bridgehead atoms. The molecule has 2 fully saturated rings. The van der Waals surface area contributed by atoms with E-state index in [4.69, 9.17) is 23.1 Å². The molecule has 2 aliphatic heterocycles. The number of rotatable bonds is 7. The summed E-state index contributed by atoms with van der Waals surface area (Å²) in [4.78, 5) is 39.5. The van der Waals surface area contributed by atoms with Gasteiger partial charge in [0.25, 0.3) is 0 Å². The Morgan fingerprint density at radius 3 is 1.39 bits per heavy atom. The lowest BCUT2D eigenvalue weighted by atomic mass is 9.95. The van der Waals surface area contributed by atoms with Crippen LogP contribution in [0.1, 0.15) is 103 Å². The predicted molar refractivity (Wildman–Crippen MR) is 200 cm³/mol. The number of aliphatic hydroxyl groups is 1. The van der Waals surface area contributed by atoms with E-state index in [1.807, 2.05) is 41.5 Å². The Balaban J connectivity index is 0.000000494. The number of nitrogens with zero attached hydrogens (tertiary/aromatic N) is 2. The van der Waals surface area contributed by atoms with Crippen LogP contribution in [0, 0.1) is 11.8 Å². The quantitative estimate of drug-likeness (QED) is 0.159. The molecule has 13 heteroatoms. The number of carbonyl (C=O) groups is 3. The number of carbonyl (C=O) groups excluding carboxylic acids is 3. The number of amides is 2. The lowest BCUT2D eigenvalue weighted by Gasteiger charge is -2.41. The molecular weight excluding hydrogens is 661 g/mol. The summed E-state index contributed by atoms with van der Waals surface area (Å²) < 4.78 is 29.0. The van der Waals surface area contributed by atoms with Gasteiger partial charge in [-0.2, -0.15) is 0 Å². The summed E-state index contributed by atoms with van der Waals surface area (Å²) in [6.07, 6.45) is -0.0954. The normalized spacial score (nSPS) is 22.9. The van der Waals surface area contributed by atoms with Crippen molar-refractivity contribution in [1.82, 2.24) is 9.80 Å². The monoisotopic (exact) mass is 732 g/mol. The summed E-state index contributed by atoms with van der Waals surface area (Å²) in [6.45, 7) is 37.5. The van der Waals surface area contributed by atoms with Gasteiger partial charge in [-0.3, -0.25) is 4.79 Å². The van der Waals surface area contributed by atoms with Crippen molar-refractivity contribution in [3.05, 3.63) is 0 Å². The van der Waals surface area contributed by atoms with Crippen LogP contribution in [-0.4, -0.2) is 112 Å². The molecule has 4 unspecified atom stereocenters. The Hall–Kier alpha value is -1.68. The summed E-state index contributed by atoms with van der Waals surface area (Å²) >= 11 is 0. The highest BCUT2D eigenvalue weighted by Gasteiger charge is 2.42. The second-order valence-electron chi connectivity index (χ2n) is 18.8. The molecule has 2 rings (SSSR count). The Bertz CT molecular complexity index is 1090. The second kappa shape index (κ2) is 17.2. The highest BCUT2D eigenvalue weighted by atomic mass is 28.4. The van der Waals surface area contributed by atoms with Crippen LogP contribution < -0.4 is 0 Å². The molecule has 11 nitrogen and oxygen atoms in total. The van der Waals surface area contributed by atoms with Crippen LogP contribution in [0.25, 0.3) is 0 Å². The number of hydrogen-bond donors (Lipinski definition) is 1. The first-order valence-corrected chi connectivity index (χ1v) is 23.8. The first kappa shape index (κ1) is 45.3. The van der Waals surface area contributed by atoms with Gasteiger partial charge in [-0.05, 0) is 84.2 Å². The molecule has 0 radical (unpaired) electrons. The van der Waals surface area contributed by atoms with Gasteiger partial charge in [-0.1, -0.05) is 41.5 Å². The van der Waals surface area contributed by atoms with Crippen LogP contribution in [0.4, 0.5) is 9.59 Å². The fourth-order valence-electron chi connectivity index (χ4n) is 4.77. The van der Waals surface area contributed by atoms with Crippen LogP contribution in [0.3, 0.4) is 0 Å². The topological polar surface area (TPSA) is 124 Å².